The predicted octanol–water partition coefficient (Wildman–Crippen LogP) is 0.826. The van der Waals surface area contributed by atoms with Crippen molar-refractivity contribution in [1.82, 2.24) is 15.1 Å². The lowest BCUT2D eigenvalue weighted by Gasteiger charge is -2.26. The third-order valence-corrected chi connectivity index (χ3v) is 3.36. The second kappa shape index (κ2) is 6.19. The summed E-state index contributed by atoms with van der Waals surface area (Å²) in [6.45, 7) is 1.66. The summed E-state index contributed by atoms with van der Waals surface area (Å²) in [5, 5.41) is 3.11. The third-order valence-electron chi connectivity index (χ3n) is 3.36. The van der Waals surface area contributed by atoms with E-state index in [1.807, 2.05) is 19.0 Å². The van der Waals surface area contributed by atoms with Crippen molar-refractivity contribution in [2.24, 2.45) is 0 Å². The number of nitrogens with one attached hydrogen (secondary N) is 1. The maximum absolute atomic E-state index is 13.8. The molecular weight excluding hydrogens is 261 g/mol. The van der Waals surface area contributed by atoms with Crippen molar-refractivity contribution < 1.29 is 13.9 Å². The van der Waals surface area contributed by atoms with Gasteiger partial charge in [-0.05, 0) is 31.8 Å². The Hall–Kier alpha value is -1.66. The van der Waals surface area contributed by atoms with E-state index in [2.05, 4.69) is 5.32 Å². The average Bonchev–Trinajstić information content (AvgIpc) is 2.77. The van der Waals surface area contributed by atoms with E-state index in [1.54, 1.807) is 17.0 Å². The van der Waals surface area contributed by atoms with Crippen LogP contribution in [-0.2, 0) is 4.79 Å². The van der Waals surface area contributed by atoms with Gasteiger partial charge >= 0.3 is 0 Å². The van der Waals surface area contributed by atoms with E-state index in [-0.39, 0.29) is 24.4 Å². The minimum absolute atomic E-state index is 0.0353. The molecule has 0 spiro atoms. The lowest BCUT2D eigenvalue weighted by atomic mass is 10.1. The summed E-state index contributed by atoms with van der Waals surface area (Å²) in [6, 6.07) is 4.78. The number of rotatable bonds is 5. The van der Waals surface area contributed by atoms with Crippen LogP contribution in [0.5, 0.6) is 5.75 Å². The van der Waals surface area contributed by atoms with Crippen LogP contribution < -0.4 is 10.1 Å². The van der Waals surface area contributed by atoms with Crippen LogP contribution in [0.1, 0.15) is 11.7 Å². The van der Waals surface area contributed by atoms with Crippen LogP contribution in [0.4, 0.5) is 4.39 Å². The fourth-order valence-electron chi connectivity index (χ4n) is 2.25. The predicted molar refractivity (Wildman–Crippen MR) is 74.0 cm³/mol. The third kappa shape index (κ3) is 3.08. The highest BCUT2D eigenvalue weighted by molar-refractivity contribution is 5.81. The van der Waals surface area contributed by atoms with E-state index in [0.29, 0.717) is 6.54 Å². The van der Waals surface area contributed by atoms with Crippen molar-refractivity contribution in [2.75, 3.05) is 40.8 Å². The second-order valence-electron chi connectivity index (χ2n) is 5.07. The van der Waals surface area contributed by atoms with Gasteiger partial charge in [0.2, 0.25) is 5.91 Å². The average molecular weight is 281 g/mol. The van der Waals surface area contributed by atoms with Crippen molar-refractivity contribution >= 4 is 5.91 Å². The Bertz CT molecular complexity index is 493. The van der Waals surface area contributed by atoms with Crippen LogP contribution in [0.15, 0.2) is 18.2 Å². The number of halogens is 1. The van der Waals surface area contributed by atoms with Crippen molar-refractivity contribution in [2.45, 2.75) is 6.17 Å². The molecule has 20 heavy (non-hydrogen) atoms. The van der Waals surface area contributed by atoms with Crippen molar-refractivity contribution in [3.8, 4) is 5.75 Å². The monoisotopic (exact) mass is 281 g/mol. The van der Waals surface area contributed by atoms with Gasteiger partial charge in [-0.3, -0.25) is 10.1 Å². The molecule has 0 radical (unpaired) electrons. The fraction of sp³-hybridized carbons (Fsp3) is 0.500. The number of carbonyl (C=O) groups excluding carboxylic acids is 1. The van der Waals surface area contributed by atoms with Gasteiger partial charge in [0, 0.05) is 13.1 Å². The molecule has 1 heterocycles. The Balaban J connectivity index is 2.17. The molecule has 1 unspecified atom stereocenters. The molecule has 1 fully saturated rings. The summed E-state index contributed by atoms with van der Waals surface area (Å²) in [4.78, 5) is 15.7. The first kappa shape index (κ1) is 14.7. The number of likely N-dealkylation sites (N-methyl/N-ethyl adjacent to an activating group) is 1. The molecule has 1 saturated heterocycles. The van der Waals surface area contributed by atoms with Gasteiger partial charge in [-0.1, -0.05) is 6.07 Å². The summed E-state index contributed by atoms with van der Waals surface area (Å²) >= 11 is 0. The normalized spacial score (nSPS) is 18.9. The molecule has 0 bridgehead atoms. The number of ether oxygens (including phenoxy) is 1. The van der Waals surface area contributed by atoms with E-state index >= 15 is 0 Å². The molecule has 5 nitrogen and oxygen atoms in total. The summed E-state index contributed by atoms with van der Waals surface area (Å²) in [5.74, 6) is -0.176. The van der Waals surface area contributed by atoms with E-state index in [0.717, 1.165) is 12.1 Å². The van der Waals surface area contributed by atoms with Gasteiger partial charge in [0.15, 0.2) is 11.6 Å². The zero-order valence-electron chi connectivity index (χ0n) is 12.0. The van der Waals surface area contributed by atoms with E-state index in [9.17, 15) is 9.18 Å². The molecule has 0 aliphatic carbocycles. The molecule has 1 N–H and O–H groups in total. The minimum Gasteiger partial charge on any atom is -0.494 e. The first-order valence-electron chi connectivity index (χ1n) is 6.54. The van der Waals surface area contributed by atoms with Crippen LogP contribution in [0.2, 0.25) is 0 Å². The van der Waals surface area contributed by atoms with Gasteiger partial charge in [-0.25, -0.2) is 4.39 Å². The quantitative estimate of drug-likeness (QED) is 0.868. The van der Waals surface area contributed by atoms with Crippen LogP contribution in [0.3, 0.4) is 0 Å². The van der Waals surface area contributed by atoms with Gasteiger partial charge in [0.1, 0.15) is 6.17 Å². The zero-order valence-corrected chi connectivity index (χ0v) is 12.0. The maximum atomic E-state index is 13.8. The number of benzene rings is 1. The molecule has 6 heteroatoms. The molecule has 1 aromatic rings. The SMILES string of the molecule is COc1ccc(C2NCC(=O)N2CCN(C)C)cc1F. The largest absolute Gasteiger partial charge is 0.494 e. The maximum Gasteiger partial charge on any atom is 0.238 e. The number of nitrogens with zero attached hydrogens (tertiary/aromatic N) is 2. The van der Waals surface area contributed by atoms with Crippen LogP contribution in [-0.4, -0.2) is 56.5 Å². The zero-order chi connectivity index (χ0) is 14.7. The Morgan fingerprint density at radius 1 is 1.50 bits per heavy atom. The number of carbonyl (C=O) groups is 1. The number of amides is 1. The van der Waals surface area contributed by atoms with Gasteiger partial charge in [0.05, 0.1) is 13.7 Å². The Kier molecular flexibility index (Phi) is 4.57. The Morgan fingerprint density at radius 2 is 2.25 bits per heavy atom. The topological polar surface area (TPSA) is 44.8 Å². The lowest BCUT2D eigenvalue weighted by molar-refractivity contribution is -0.128. The van der Waals surface area contributed by atoms with E-state index in [4.69, 9.17) is 4.74 Å². The molecule has 110 valence electrons. The van der Waals surface area contributed by atoms with E-state index in [1.165, 1.54) is 13.2 Å². The summed E-state index contributed by atoms with van der Waals surface area (Å²) in [5.41, 5.74) is 0.730. The lowest BCUT2D eigenvalue weighted by Crippen LogP contribution is -2.36. The van der Waals surface area contributed by atoms with Gasteiger partial charge < -0.3 is 14.5 Å². The number of hydrogen-bond acceptors (Lipinski definition) is 4. The first-order valence-corrected chi connectivity index (χ1v) is 6.54. The van der Waals surface area contributed by atoms with Gasteiger partial charge in [-0.15, -0.1) is 0 Å². The molecule has 1 amide bonds. The standard InChI is InChI=1S/C14H20FN3O2/c1-17(2)6-7-18-13(19)9-16-14(18)10-4-5-12(20-3)11(15)8-10/h4-5,8,14,16H,6-7,9H2,1-3H3. The molecule has 1 aromatic carbocycles. The molecule has 1 atom stereocenters. The molecular formula is C14H20FN3O2. The van der Waals surface area contributed by atoms with Crippen LogP contribution in [0.25, 0.3) is 0 Å². The Morgan fingerprint density at radius 3 is 2.85 bits per heavy atom. The highest BCUT2D eigenvalue weighted by Gasteiger charge is 2.31. The van der Waals surface area contributed by atoms with Crippen LogP contribution >= 0.6 is 0 Å². The number of methoxy groups -OCH3 is 1. The van der Waals surface area contributed by atoms with Crippen molar-refractivity contribution in [1.29, 1.82) is 0 Å². The van der Waals surface area contributed by atoms with Crippen molar-refractivity contribution in [3.63, 3.8) is 0 Å². The minimum atomic E-state index is -0.418. The summed E-state index contributed by atoms with van der Waals surface area (Å²) in [6.07, 6.45) is -0.275. The Labute approximate surface area is 118 Å². The van der Waals surface area contributed by atoms with Crippen LogP contribution in [0, 0.1) is 5.82 Å². The first-order chi connectivity index (χ1) is 9.52. The van der Waals surface area contributed by atoms with Gasteiger partial charge in [0.25, 0.3) is 0 Å². The highest BCUT2D eigenvalue weighted by Crippen LogP contribution is 2.26. The summed E-state index contributed by atoms with van der Waals surface area (Å²) < 4.78 is 18.7. The smallest absolute Gasteiger partial charge is 0.238 e. The molecule has 0 saturated carbocycles. The second-order valence-corrected chi connectivity index (χ2v) is 5.07. The fourth-order valence-corrected chi connectivity index (χ4v) is 2.25. The van der Waals surface area contributed by atoms with E-state index < -0.39 is 5.82 Å². The molecule has 0 aromatic heterocycles. The molecule has 1 aliphatic heterocycles. The van der Waals surface area contributed by atoms with Gasteiger partial charge in [-0.2, -0.15) is 0 Å². The molecule has 2 rings (SSSR count). The highest BCUT2D eigenvalue weighted by atomic mass is 19.1. The van der Waals surface area contributed by atoms with Crippen molar-refractivity contribution in [3.05, 3.63) is 29.6 Å². The molecule has 1 aliphatic rings. The number of hydrogen-bond donors (Lipinski definition) is 1. The summed E-state index contributed by atoms with van der Waals surface area (Å²) in [7, 11) is 5.34.